The molecule has 0 radical (unpaired) electrons. The van der Waals surface area contributed by atoms with Crippen LogP contribution >= 0.6 is 0 Å². The normalized spacial score (nSPS) is 17.2. The minimum absolute atomic E-state index is 0.0151. The van der Waals surface area contributed by atoms with Crippen molar-refractivity contribution in [1.29, 1.82) is 0 Å². The highest BCUT2D eigenvalue weighted by Gasteiger charge is 2.26. The van der Waals surface area contributed by atoms with E-state index in [0.717, 1.165) is 11.1 Å². The summed E-state index contributed by atoms with van der Waals surface area (Å²) in [7, 11) is -4.28. The first kappa shape index (κ1) is 18.7. The molecule has 1 N–H and O–H groups in total. The lowest BCUT2D eigenvalue weighted by molar-refractivity contribution is 0.0906. The van der Waals surface area contributed by atoms with Crippen molar-refractivity contribution >= 4 is 10.1 Å². The first-order valence-electron chi connectivity index (χ1n) is 8.55. The first-order chi connectivity index (χ1) is 12.0. The minimum Gasteiger partial charge on any atom is -0.486 e. The number of aryl methyl sites for hydroxylation is 1. The van der Waals surface area contributed by atoms with Crippen molar-refractivity contribution in [2.75, 3.05) is 6.61 Å². The molecule has 0 amide bonds. The van der Waals surface area contributed by atoms with Gasteiger partial charge in [-0.2, -0.15) is 8.42 Å². The van der Waals surface area contributed by atoms with Crippen LogP contribution in [0.5, 0.6) is 11.5 Å². The molecule has 0 aliphatic carbocycles. The zero-order chi connectivity index (χ0) is 19.1. The summed E-state index contributed by atoms with van der Waals surface area (Å²) in [4.78, 5) is -0.0828. The summed E-state index contributed by atoms with van der Waals surface area (Å²) in [5.74, 6) is 1.35. The van der Waals surface area contributed by atoms with Gasteiger partial charge in [-0.05, 0) is 41.7 Å². The Morgan fingerprint density at radius 2 is 1.85 bits per heavy atom. The van der Waals surface area contributed by atoms with Crippen LogP contribution in [-0.2, 0) is 22.0 Å². The number of fused-ring (bicyclic) bond motifs is 1. The van der Waals surface area contributed by atoms with E-state index in [0.29, 0.717) is 30.1 Å². The highest BCUT2D eigenvalue weighted by atomic mass is 32.2. The fourth-order valence-corrected chi connectivity index (χ4v) is 3.76. The van der Waals surface area contributed by atoms with E-state index in [1.165, 1.54) is 6.07 Å². The van der Waals surface area contributed by atoms with E-state index in [1.807, 2.05) is 25.1 Å². The van der Waals surface area contributed by atoms with Gasteiger partial charge in [-0.15, -0.1) is 0 Å². The van der Waals surface area contributed by atoms with Gasteiger partial charge in [0.1, 0.15) is 12.7 Å². The maximum atomic E-state index is 11.6. The van der Waals surface area contributed by atoms with Gasteiger partial charge in [0.15, 0.2) is 11.5 Å². The molecule has 0 saturated carbocycles. The summed E-state index contributed by atoms with van der Waals surface area (Å²) in [6, 6.07) is 10.7. The summed E-state index contributed by atoms with van der Waals surface area (Å²) in [6.45, 7) is 8.60. The molecule has 1 aliphatic rings. The van der Waals surface area contributed by atoms with Crippen LogP contribution in [0.3, 0.4) is 0 Å². The molecule has 6 heteroatoms. The van der Waals surface area contributed by atoms with E-state index in [2.05, 4.69) is 20.8 Å². The lowest BCUT2D eigenvalue weighted by Crippen LogP contribution is -2.31. The fourth-order valence-electron chi connectivity index (χ4n) is 3.05. The Morgan fingerprint density at radius 1 is 1.12 bits per heavy atom. The molecule has 1 atom stereocenters. The van der Waals surface area contributed by atoms with Gasteiger partial charge in [0.25, 0.3) is 10.1 Å². The lowest BCUT2D eigenvalue weighted by Gasteiger charge is -2.29. The summed E-state index contributed by atoms with van der Waals surface area (Å²) in [6.07, 6.45) is 0.00218. The molecule has 2 aromatic carbocycles. The van der Waals surface area contributed by atoms with E-state index in [1.54, 1.807) is 12.1 Å². The molecule has 0 fully saturated rings. The number of ether oxygens (including phenoxy) is 2. The van der Waals surface area contributed by atoms with Gasteiger partial charge in [-0.25, -0.2) is 0 Å². The van der Waals surface area contributed by atoms with Gasteiger partial charge in [-0.3, -0.25) is 4.55 Å². The van der Waals surface area contributed by atoms with Crippen molar-refractivity contribution in [3.8, 4) is 11.5 Å². The van der Waals surface area contributed by atoms with E-state index >= 15 is 0 Å². The largest absolute Gasteiger partial charge is 0.486 e. The van der Waals surface area contributed by atoms with Crippen LogP contribution in [0.4, 0.5) is 0 Å². The summed E-state index contributed by atoms with van der Waals surface area (Å²) in [5, 5.41) is 0. The molecule has 1 aliphatic heterocycles. The average molecular weight is 376 g/mol. The van der Waals surface area contributed by atoms with Gasteiger partial charge >= 0.3 is 0 Å². The second-order valence-corrected chi connectivity index (χ2v) is 9.14. The van der Waals surface area contributed by atoms with Crippen molar-refractivity contribution in [3.63, 3.8) is 0 Å². The van der Waals surface area contributed by atoms with Crippen molar-refractivity contribution in [2.24, 2.45) is 0 Å². The molecule has 2 aromatic rings. The molecule has 5 nitrogen and oxygen atoms in total. The highest BCUT2D eigenvalue weighted by molar-refractivity contribution is 7.85. The molecule has 3 rings (SSSR count). The van der Waals surface area contributed by atoms with Gasteiger partial charge in [0, 0.05) is 6.42 Å². The highest BCUT2D eigenvalue weighted by Crippen LogP contribution is 2.36. The van der Waals surface area contributed by atoms with Gasteiger partial charge < -0.3 is 9.47 Å². The Balaban J connectivity index is 1.84. The van der Waals surface area contributed by atoms with Crippen LogP contribution in [0, 0.1) is 6.92 Å². The van der Waals surface area contributed by atoms with Crippen LogP contribution in [0.1, 0.15) is 37.5 Å². The third-order valence-electron chi connectivity index (χ3n) is 4.47. The molecule has 1 heterocycles. The number of benzene rings is 2. The molecule has 140 valence electrons. The second-order valence-electron chi connectivity index (χ2n) is 7.75. The Kier molecular flexibility index (Phi) is 4.75. The Morgan fingerprint density at radius 3 is 2.50 bits per heavy atom. The summed E-state index contributed by atoms with van der Waals surface area (Å²) >= 11 is 0. The van der Waals surface area contributed by atoms with Crippen LogP contribution in [0.15, 0.2) is 41.3 Å². The average Bonchev–Trinajstić information content (AvgIpc) is 2.52. The molecular weight excluding hydrogens is 352 g/mol. The summed E-state index contributed by atoms with van der Waals surface area (Å²) in [5.41, 5.74) is 2.61. The van der Waals surface area contributed by atoms with E-state index in [-0.39, 0.29) is 16.4 Å². The van der Waals surface area contributed by atoms with Crippen LogP contribution in [0.2, 0.25) is 0 Å². The standard InChI is InChI=1S/C20H24O5S/c1-13-5-8-19(26(21,22)23)14(9-13)10-16-12-24-18-11-15(20(2,3)4)6-7-17(18)25-16/h5-9,11,16H,10,12H2,1-4H3,(H,21,22,23). The quantitative estimate of drug-likeness (QED) is 0.822. The monoisotopic (exact) mass is 376 g/mol. The molecule has 0 aromatic heterocycles. The molecule has 0 saturated heterocycles. The van der Waals surface area contributed by atoms with Crippen molar-refractivity contribution in [3.05, 3.63) is 53.1 Å². The predicted octanol–water partition coefficient (Wildman–Crippen LogP) is 3.92. The molecule has 0 spiro atoms. The third-order valence-corrected chi connectivity index (χ3v) is 5.42. The third kappa shape index (κ3) is 4.02. The van der Waals surface area contributed by atoms with E-state index in [9.17, 15) is 13.0 Å². The topological polar surface area (TPSA) is 72.8 Å². The Bertz CT molecular complexity index is 926. The minimum atomic E-state index is -4.28. The predicted molar refractivity (Wildman–Crippen MR) is 99.8 cm³/mol. The molecular formula is C20H24O5S. The fraction of sp³-hybridized carbons (Fsp3) is 0.400. The van der Waals surface area contributed by atoms with E-state index < -0.39 is 10.1 Å². The summed E-state index contributed by atoms with van der Waals surface area (Å²) < 4.78 is 44.6. The SMILES string of the molecule is Cc1ccc(S(=O)(=O)O)c(CC2COc3cc(C(C)(C)C)ccc3O2)c1. The Labute approximate surface area is 154 Å². The number of hydrogen-bond donors (Lipinski definition) is 1. The maximum Gasteiger partial charge on any atom is 0.294 e. The van der Waals surface area contributed by atoms with Crippen molar-refractivity contribution in [2.45, 2.75) is 50.5 Å². The molecule has 1 unspecified atom stereocenters. The zero-order valence-corrected chi connectivity index (χ0v) is 16.3. The number of rotatable bonds is 3. The van der Waals surface area contributed by atoms with Crippen LogP contribution in [-0.4, -0.2) is 25.7 Å². The molecule has 26 heavy (non-hydrogen) atoms. The maximum absolute atomic E-state index is 11.6. The zero-order valence-electron chi connectivity index (χ0n) is 15.4. The van der Waals surface area contributed by atoms with Gasteiger partial charge in [0.2, 0.25) is 0 Å². The first-order valence-corrected chi connectivity index (χ1v) is 9.99. The Hall–Kier alpha value is -2.05. The lowest BCUT2D eigenvalue weighted by atomic mass is 9.87. The smallest absolute Gasteiger partial charge is 0.294 e. The second kappa shape index (κ2) is 6.59. The number of hydrogen-bond acceptors (Lipinski definition) is 4. The van der Waals surface area contributed by atoms with Crippen molar-refractivity contribution in [1.82, 2.24) is 0 Å². The van der Waals surface area contributed by atoms with Crippen LogP contribution < -0.4 is 9.47 Å². The van der Waals surface area contributed by atoms with Crippen LogP contribution in [0.25, 0.3) is 0 Å². The molecule has 0 bridgehead atoms. The van der Waals surface area contributed by atoms with E-state index in [4.69, 9.17) is 9.47 Å². The van der Waals surface area contributed by atoms with Gasteiger partial charge in [-0.1, -0.05) is 44.5 Å². The van der Waals surface area contributed by atoms with Gasteiger partial charge in [0.05, 0.1) is 4.90 Å². The van der Waals surface area contributed by atoms with Crippen molar-refractivity contribution < 1.29 is 22.4 Å².